The molecule has 0 aliphatic rings. The summed E-state index contributed by atoms with van der Waals surface area (Å²) in [6, 6.07) is 11.6. The number of nitro benzene ring substituents is 1. The Balaban J connectivity index is 1.79. The molecule has 0 aliphatic carbocycles. The van der Waals surface area contributed by atoms with Crippen LogP contribution in [0.1, 0.15) is 15.9 Å². The van der Waals surface area contributed by atoms with Gasteiger partial charge in [-0.15, -0.1) is 0 Å². The fourth-order valence-corrected chi connectivity index (χ4v) is 2.50. The first kappa shape index (κ1) is 17.2. The quantitative estimate of drug-likeness (QED) is 0.543. The second-order valence-corrected chi connectivity index (χ2v) is 5.46. The Kier molecular flexibility index (Phi) is 4.93. The van der Waals surface area contributed by atoms with E-state index in [9.17, 15) is 14.9 Å². The number of hydrogen-bond acceptors (Lipinski definition) is 5. The molecule has 8 nitrogen and oxygen atoms in total. The van der Waals surface area contributed by atoms with E-state index in [0.29, 0.717) is 11.4 Å². The number of nitrogens with zero attached hydrogens (tertiary/aromatic N) is 3. The zero-order chi connectivity index (χ0) is 18.5. The van der Waals surface area contributed by atoms with Crippen LogP contribution in [-0.2, 0) is 6.54 Å². The third-order valence-corrected chi connectivity index (χ3v) is 3.80. The molecule has 0 fully saturated rings. The van der Waals surface area contributed by atoms with Gasteiger partial charge in [0.15, 0.2) is 0 Å². The maximum atomic E-state index is 12.4. The lowest BCUT2D eigenvalue weighted by atomic mass is 10.1. The minimum absolute atomic E-state index is 0.169. The van der Waals surface area contributed by atoms with Crippen LogP contribution in [0.25, 0.3) is 5.69 Å². The summed E-state index contributed by atoms with van der Waals surface area (Å²) >= 11 is 0. The van der Waals surface area contributed by atoms with Gasteiger partial charge in [0.25, 0.3) is 11.6 Å². The summed E-state index contributed by atoms with van der Waals surface area (Å²) in [7, 11) is 1.57. The zero-order valence-electron chi connectivity index (χ0n) is 14.0. The van der Waals surface area contributed by atoms with E-state index in [1.807, 2.05) is 24.3 Å². The second-order valence-electron chi connectivity index (χ2n) is 5.46. The third-order valence-electron chi connectivity index (χ3n) is 3.80. The average molecular weight is 352 g/mol. The van der Waals surface area contributed by atoms with Gasteiger partial charge in [0.1, 0.15) is 11.4 Å². The first-order valence-electron chi connectivity index (χ1n) is 7.76. The van der Waals surface area contributed by atoms with Crippen molar-refractivity contribution in [3.63, 3.8) is 0 Å². The number of nitro groups is 1. The molecular formula is C18H16N4O4. The smallest absolute Gasteiger partial charge is 0.294 e. The number of carbonyl (C=O) groups is 1. The molecule has 3 aromatic rings. The number of aromatic nitrogens is 2. The predicted molar refractivity (Wildman–Crippen MR) is 94.4 cm³/mol. The summed E-state index contributed by atoms with van der Waals surface area (Å²) in [5.74, 6) is 0.296. The summed E-state index contributed by atoms with van der Waals surface area (Å²) in [5.41, 5.74) is 1.25. The van der Waals surface area contributed by atoms with Gasteiger partial charge >= 0.3 is 0 Å². The summed E-state index contributed by atoms with van der Waals surface area (Å²) in [5, 5.41) is 14.1. The van der Waals surface area contributed by atoms with E-state index in [-0.39, 0.29) is 17.8 Å². The Labute approximate surface area is 149 Å². The number of carbonyl (C=O) groups excluding carboxylic acids is 1. The van der Waals surface area contributed by atoms with Crippen LogP contribution in [0.2, 0.25) is 0 Å². The highest BCUT2D eigenvalue weighted by atomic mass is 16.6. The summed E-state index contributed by atoms with van der Waals surface area (Å²) in [6.45, 7) is 0.285. The highest BCUT2D eigenvalue weighted by Gasteiger charge is 2.18. The lowest BCUT2D eigenvalue weighted by Gasteiger charge is -2.09. The summed E-state index contributed by atoms with van der Waals surface area (Å²) in [4.78, 5) is 27.1. The normalized spacial score (nSPS) is 10.3. The van der Waals surface area contributed by atoms with Gasteiger partial charge < -0.3 is 14.6 Å². The predicted octanol–water partition coefficient (Wildman–Crippen LogP) is 2.72. The third kappa shape index (κ3) is 3.69. The zero-order valence-corrected chi connectivity index (χ0v) is 14.0. The molecular weight excluding hydrogens is 336 g/mol. The number of imidazole rings is 1. The maximum Gasteiger partial charge on any atom is 0.294 e. The van der Waals surface area contributed by atoms with E-state index in [4.69, 9.17) is 4.74 Å². The lowest BCUT2D eigenvalue weighted by molar-refractivity contribution is -0.384. The minimum Gasteiger partial charge on any atom is -0.497 e. The standard InChI is InChI=1S/C18H16N4O4/c1-26-15-4-2-3-13(9-15)11-20-18(23)14-5-6-16(17(10-14)22(24)25)21-8-7-19-12-21/h2-10,12H,11H2,1H3,(H,20,23). The van der Waals surface area contributed by atoms with E-state index >= 15 is 0 Å². The van der Waals surface area contributed by atoms with Gasteiger partial charge in [0, 0.05) is 30.6 Å². The summed E-state index contributed by atoms with van der Waals surface area (Å²) < 4.78 is 6.67. The number of methoxy groups -OCH3 is 1. The maximum absolute atomic E-state index is 12.4. The van der Waals surface area contributed by atoms with Crippen LogP contribution >= 0.6 is 0 Å². The molecule has 0 saturated heterocycles. The van der Waals surface area contributed by atoms with Gasteiger partial charge in [-0.25, -0.2) is 4.98 Å². The number of rotatable bonds is 6. The molecule has 0 bridgehead atoms. The molecule has 1 aromatic heterocycles. The van der Waals surface area contributed by atoms with Crippen LogP contribution in [0.5, 0.6) is 5.75 Å². The largest absolute Gasteiger partial charge is 0.497 e. The van der Waals surface area contributed by atoms with Gasteiger partial charge in [-0.1, -0.05) is 12.1 Å². The highest BCUT2D eigenvalue weighted by Crippen LogP contribution is 2.24. The van der Waals surface area contributed by atoms with Crippen molar-refractivity contribution in [3.05, 3.63) is 82.4 Å². The Hall–Kier alpha value is -3.68. The van der Waals surface area contributed by atoms with Gasteiger partial charge in [-0.3, -0.25) is 14.9 Å². The van der Waals surface area contributed by atoms with Gasteiger partial charge in [0.2, 0.25) is 0 Å². The fraction of sp³-hybridized carbons (Fsp3) is 0.111. The molecule has 8 heteroatoms. The Morgan fingerprint density at radius 1 is 1.31 bits per heavy atom. The van der Waals surface area contributed by atoms with E-state index in [2.05, 4.69) is 10.3 Å². The summed E-state index contributed by atoms with van der Waals surface area (Å²) in [6.07, 6.45) is 4.59. The van der Waals surface area contributed by atoms with Crippen molar-refractivity contribution in [1.82, 2.24) is 14.9 Å². The Morgan fingerprint density at radius 3 is 2.85 bits per heavy atom. The van der Waals surface area contributed by atoms with Crippen molar-refractivity contribution in [2.45, 2.75) is 6.54 Å². The molecule has 1 amide bonds. The van der Waals surface area contributed by atoms with Crippen molar-refractivity contribution in [2.24, 2.45) is 0 Å². The number of amides is 1. The Morgan fingerprint density at radius 2 is 2.15 bits per heavy atom. The second kappa shape index (κ2) is 7.47. The number of benzene rings is 2. The molecule has 0 aliphatic heterocycles. The van der Waals surface area contributed by atoms with Gasteiger partial charge in [-0.2, -0.15) is 0 Å². The molecule has 0 atom stereocenters. The van der Waals surface area contributed by atoms with Crippen LogP contribution in [0.15, 0.2) is 61.2 Å². The Bertz CT molecular complexity index is 938. The van der Waals surface area contributed by atoms with Crippen LogP contribution in [0.4, 0.5) is 5.69 Å². The molecule has 1 N–H and O–H groups in total. The molecule has 2 aromatic carbocycles. The van der Waals surface area contributed by atoms with Crippen LogP contribution in [0, 0.1) is 10.1 Å². The van der Waals surface area contributed by atoms with Crippen molar-refractivity contribution in [1.29, 1.82) is 0 Å². The molecule has 3 rings (SSSR count). The minimum atomic E-state index is -0.520. The van der Waals surface area contributed by atoms with Crippen LogP contribution in [0.3, 0.4) is 0 Å². The molecule has 1 heterocycles. The lowest BCUT2D eigenvalue weighted by Crippen LogP contribution is -2.23. The molecule has 132 valence electrons. The number of hydrogen-bond donors (Lipinski definition) is 1. The van der Waals surface area contributed by atoms with Crippen LogP contribution < -0.4 is 10.1 Å². The van der Waals surface area contributed by atoms with Crippen molar-refractivity contribution >= 4 is 11.6 Å². The molecule has 26 heavy (non-hydrogen) atoms. The first-order chi connectivity index (χ1) is 12.6. The van der Waals surface area contributed by atoms with Crippen molar-refractivity contribution in [3.8, 4) is 11.4 Å². The number of ether oxygens (including phenoxy) is 1. The number of nitrogens with one attached hydrogen (secondary N) is 1. The monoisotopic (exact) mass is 352 g/mol. The van der Waals surface area contributed by atoms with E-state index in [0.717, 1.165) is 5.56 Å². The van der Waals surface area contributed by atoms with E-state index in [1.165, 1.54) is 29.2 Å². The van der Waals surface area contributed by atoms with E-state index in [1.54, 1.807) is 19.4 Å². The topological polar surface area (TPSA) is 99.3 Å². The highest BCUT2D eigenvalue weighted by molar-refractivity contribution is 5.95. The fourth-order valence-electron chi connectivity index (χ4n) is 2.50. The molecule has 0 unspecified atom stereocenters. The first-order valence-corrected chi connectivity index (χ1v) is 7.76. The SMILES string of the molecule is COc1cccc(CNC(=O)c2ccc(-n3ccnc3)c([N+](=O)[O-])c2)c1. The molecule has 0 radical (unpaired) electrons. The van der Waals surface area contributed by atoms with Crippen molar-refractivity contribution < 1.29 is 14.5 Å². The van der Waals surface area contributed by atoms with Gasteiger partial charge in [-0.05, 0) is 29.8 Å². The van der Waals surface area contributed by atoms with E-state index < -0.39 is 10.8 Å². The van der Waals surface area contributed by atoms with Crippen LogP contribution in [-0.4, -0.2) is 27.5 Å². The van der Waals surface area contributed by atoms with Crippen molar-refractivity contribution in [2.75, 3.05) is 7.11 Å². The molecule has 0 saturated carbocycles. The average Bonchev–Trinajstić information content (AvgIpc) is 3.20. The molecule has 0 spiro atoms. The van der Waals surface area contributed by atoms with Gasteiger partial charge in [0.05, 0.1) is 18.4 Å².